The van der Waals surface area contributed by atoms with Crippen molar-refractivity contribution in [2.24, 2.45) is 5.73 Å². The summed E-state index contributed by atoms with van der Waals surface area (Å²) in [6, 6.07) is 4.94. The lowest BCUT2D eigenvalue weighted by Crippen LogP contribution is -2.21. The summed E-state index contributed by atoms with van der Waals surface area (Å²) >= 11 is 0. The highest BCUT2D eigenvalue weighted by atomic mass is 16.5. The number of ether oxygens (including phenoxy) is 1. The monoisotopic (exact) mass is 223 g/mol. The molecule has 0 fully saturated rings. The maximum atomic E-state index is 11.3. The van der Waals surface area contributed by atoms with Crippen molar-refractivity contribution in [2.45, 2.75) is 25.8 Å². The second-order valence-corrected chi connectivity index (χ2v) is 3.72. The zero-order valence-corrected chi connectivity index (χ0v) is 9.56. The fourth-order valence-electron chi connectivity index (χ4n) is 1.43. The predicted octanol–water partition coefficient (Wildman–Crippen LogP) is 1.46. The average molecular weight is 223 g/mol. The van der Waals surface area contributed by atoms with Gasteiger partial charge in [0.05, 0.1) is 7.11 Å². The van der Waals surface area contributed by atoms with E-state index in [4.69, 9.17) is 5.73 Å². The minimum Gasteiger partial charge on any atom is -0.507 e. The number of hydrogen-bond acceptors (Lipinski definition) is 4. The number of phenols is 1. The molecule has 1 unspecified atom stereocenters. The van der Waals surface area contributed by atoms with E-state index in [2.05, 4.69) is 4.74 Å². The van der Waals surface area contributed by atoms with E-state index in [-0.39, 0.29) is 17.4 Å². The minimum absolute atomic E-state index is 0.0649. The average Bonchev–Trinajstić information content (AvgIpc) is 2.30. The summed E-state index contributed by atoms with van der Waals surface area (Å²) in [5.41, 5.74) is 6.93. The molecule has 0 saturated heterocycles. The Hall–Kier alpha value is -1.55. The molecule has 0 spiro atoms. The Kier molecular flexibility index (Phi) is 4.31. The van der Waals surface area contributed by atoms with Crippen LogP contribution in [0.1, 0.15) is 29.3 Å². The van der Waals surface area contributed by atoms with Gasteiger partial charge >= 0.3 is 5.97 Å². The predicted molar refractivity (Wildman–Crippen MR) is 61.4 cm³/mol. The summed E-state index contributed by atoms with van der Waals surface area (Å²) in [5, 5.41) is 9.50. The van der Waals surface area contributed by atoms with Crippen molar-refractivity contribution in [2.75, 3.05) is 7.11 Å². The lowest BCUT2D eigenvalue weighted by molar-refractivity contribution is 0.0597. The van der Waals surface area contributed by atoms with Crippen molar-refractivity contribution < 1.29 is 14.6 Å². The second-order valence-electron chi connectivity index (χ2n) is 3.72. The third kappa shape index (κ3) is 2.97. The van der Waals surface area contributed by atoms with Gasteiger partial charge in [-0.2, -0.15) is 0 Å². The van der Waals surface area contributed by atoms with Crippen molar-refractivity contribution in [1.29, 1.82) is 0 Å². The van der Waals surface area contributed by atoms with Crippen LogP contribution in [0, 0.1) is 0 Å². The van der Waals surface area contributed by atoms with E-state index in [1.807, 2.05) is 6.92 Å². The van der Waals surface area contributed by atoms with Gasteiger partial charge in [-0.1, -0.05) is 13.0 Å². The Labute approximate surface area is 95.0 Å². The fourth-order valence-corrected chi connectivity index (χ4v) is 1.43. The number of carbonyl (C=O) groups is 1. The van der Waals surface area contributed by atoms with Crippen LogP contribution in [0.2, 0.25) is 0 Å². The summed E-state index contributed by atoms with van der Waals surface area (Å²) in [7, 11) is 1.28. The molecule has 0 aliphatic rings. The lowest BCUT2D eigenvalue weighted by atomic mass is 10.0. The highest BCUT2D eigenvalue weighted by Gasteiger charge is 2.12. The van der Waals surface area contributed by atoms with Crippen LogP contribution >= 0.6 is 0 Å². The second kappa shape index (κ2) is 5.51. The van der Waals surface area contributed by atoms with Gasteiger partial charge < -0.3 is 15.6 Å². The van der Waals surface area contributed by atoms with E-state index >= 15 is 0 Å². The van der Waals surface area contributed by atoms with Crippen LogP contribution in [0.5, 0.6) is 5.75 Å². The van der Waals surface area contributed by atoms with E-state index < -0.39 is 5.97 Å². The van der Waals surface area contributed by atoms with Crippen molar-refractivity contribution in [3.05, 3.63) is 29.3 Å². The van der Waals surface area contributed by atoms with Gasteiger partial charge in [0, 0.05) is 6.04 Å². The van der Waals surface area contributed by atoms with Gasteiger partial charge in [0.2, 0.25) is 0 Å². The summed E-state index contributed by atoms with van der Waals surface area (Å²) < 4.78 is 4.57. The Morgan fingerprint density at radius 2 is 2.25 bits per heavy atom. The van der Waals surface area contributed by atoms with Crippen LogP contribution in [0.25, 0.3) is 0 Å². The van der Waals surface area contributed by atoms with E-state index in [0.29, 0.717) is 6.42 Å². The molecule has 88 valence electrons. The standard InChI is InChI=1S/C12H17NO3/c1-3-9(13)6-8-4-5-11(14)10(7-8)12(15)16-2/h4-5,7,9,14H,3,6,13H2,1-2H3. The maximum Gasteiger partial charge on any atom is 0.341 e. The highest BCUT2D eigenvalue weighted by molar-refractivity contribution is 5.92. The summed E-state index contributed by atoms with van der Waals surface area (Å²) in [5.74, 6) is -0.606. The third-order valence-electron chi connectivity index (χ3n) is 2.49. The quantitative estimate of drug-likeness (QED) is 0.758. The van der Waals surface area contributed by atoms with E-state index in [1.165, 1.54) is 13.2 Å². The van der Waals surface area contributed by atoms with Crippen molar-refractivity contribution >= 4 is 5.97 Å². The first-order chi connectivity index (χ1) is 7.58. The summed E-state index contributed by atoms with van der Waals surface area (Å²) in [6.45, 7) is 2.01. The molecule has 1 aromatic rings. The summed E-state index contributed by atoms with van der Waals surface area (Å²) in [4.78, 5) is 11.3. The van der Waals surface area contributed by atoms with Crippen molar-refractivity contribution in [3.8, 4) is 5.75 Å². The Balaban J connectivity index is 2.93. The van der Waals surface area contributed by atoms with Crippen LogP contribution < -0.4 is 5.73 Å². The SMILES string of the molecule is CCC(N)Cc1ccc(O)c(C(=O)OC)c1. The smallest absolute Gasteiger partial charge is 0.341 e. The third-order valence-corrected chi connectivity index (χ3v) is 2.49. The number of nitrogens with two attached hydrogens (primary N) is 1. The molecule has 1 aromatic carbocycles. The number of rotatable bonds is 4. The van der Waals surface area contributed by atoms with Gasteiger partial charge in [-0.15, -0.1) is 0 Å². The molecule has 0 aromatic heterocycles. The molecule has 0 aliphatic heterocycles. The first kappa shape index (κ1) is 12.5. The number of esters is 1. The Morgan fingerprint density at radius 1 is 1.56 bits per heavy atom. The van der Waals surface area contributed by atoms with Crippen LogP contribution in [0.15, 0.2) is 18.2 Å². The molecule has 0 aliphatic carbocycles. The molecule has 0 amide bonds. The largest absolute Gasteiger partial charge is 0.507 e. The topological polar surface area (TPSA) is 72.5 Å². The number of methoxy groups -OCH3 is 1. The number of carbonyl (C=O) groups excluding carboxylic acids is 1. The van der Waals surface area contributed by atoms with Gasteiger partial charge in [0.25, 0.3) is 0 Å². The number of benzene rings is 1. The van der Waals surface area contributed by atoms with Crippen molar-refractivity contribution in [3.63, 3.8) is 0 Å². The zero-order valence-electron chi connectivity index (χ0n) is 9.56. The number of hydrogen-bond donors (Lipinski definition) is 2. The first-order valence-electron chi connectivity index (χ1n) is 5.24. The zero-order chi connectivity index (χ0) is 12.1. The maximum absolute atomic E-state index is 11.3. The molecule has 16 heavy (non-hydrogen) atoms. The van der Waals surface area contributed by atoms with Crippen LogP contribution in [-0.2, 0) is 11.2 Å². The molecule has 1 rings (SSSR count). The molecular weight excluding hydrogens is 206 g/mol. The normalized spacial score (nSPS) is 12.2. The molecule has 4 nitrogen and oxygen atoms in total. The van der Waals surface area contributed by atoms with E-state index in [0.717, 1.165) is 12.0 Å². The van der Waals surface area contributed by atoms with Crippen LogP contribution in [0.4, 0.5) is 0 Å². The van der Waals surface area contributed by atoms with Crippen molar-refractivity contribution in [1.82, 2.24) is 0 Å². The molecule has 3 N–H and O–H groups in total. The van der Waals surface area contributed by atoms with E-state index in [9.17, 15) is 9.90 Å². The van der Waals surface area contributed by atoms with Crippen LogP contribution in [0.3, 0.4) is 0 Å². The minimum atomic E-state index is -0.538. The van der Waals surface area contributed by atoms with Gasteiger partial charge in [0.15, 0.2) is 0 Å². The first-order valence-corrected chi connectivity index (χ1v) is 5.24. The van der Waals surface area contributed by atoms with E-state index in [1.54, 1.807) is 12.1 Å². The van der Waals surface area contributed by atoms with Gasteiger partial charge in [0.1, 0.15) is 11.3 Å². The molecule has 4 heteroatoms. The Morgan fingerprint density at radius 3 is 2.81 bits per heavy atom. The highest BCUT2D eigenvalue weighted by Crippen LogP contribution is 2.20. The molecule has 0 heterocycles. The van der Waals surface area contributed by atoms with Gasteiger partial charge in [-0.3, -0.25) is 0 Å². The fraction of sp³-hybridized carbons (Fsp3) is 0.417. The number of aromatic hydroxyl groups is 1. The van der Waals surface area contributed by atoms with Gasteiger partial charge in [-0.05, 0) is 30.5 Å². The molecule has 1 atom stereocenters. The number of phenolic OH excluding ortho intramolecular Hbond substituents is 1. The van der Waals surface area contributed by atoms with Crippen LogP contribution in [-0.4, -0.2) is 24.2 Å². The lowest BCUT2D eigenvalue weighted by Gasteiger charge is -2.10. The molecule has 0 saturated carbocycles. The molecule has 0 bridgehead atoms. The van der Waals surface area contributed by atoms with Gasteiger partial charge in [-0.25, -0.2) is 4.79 Å². The molecular formula is C12H17NO3. The summed E-state index contributed by atoms with van der Waals surface area (Å²) in [6.07, 6.45) is 1.55. The Bertz CT molecular complexity index is 377. The molecule has 0 radical (unpaired) electrons.